The fraction of sp³-hybridized carbons (Fsp3) is 0.538. The Kier molecular flexibility index (Phi) is 4.42. The Morgan fingerprint density at radius 2 is 2.00 bits per heavy atom. The topological polar surface area (TPSA) is 21.3 Å². The molecular weight excluding hydrogens is 262 g/mol. The van der Waals surface area contributed by atoms with Crippen LogP contribution in [0.3, 0.4) is 0 Å². The summed E-state index contributed by atoms with van der Waals surface area (Å²) in [5, 5.41) is 3.26. The smallest absolute Gasteiger partial charge is 0.367 e. The van der Waals surface area contributed by atoms with Crippen LogP contribution >= 0.6 is 0 Å². The van der Waals surface area contributed by atoms with Gasteiger partial charge in [-0.25, -0.2) is 4.39 Å². The van der Waals surface area contributed by atoms with Crippen LogP contribution < -0.4 is 5.32 Å². The van der Waals surface area contributed by atoms with Crippen molar-refractivity contribution in [1.82, 2.24) is 5.32 Å². The summed E-state index contributed by atoms with van der Waals surface area (Å²) >= 11 is 0. The Morgan fingerprint density at radius 1 is 1.26 bits per heavy atom. The highest BCUT2D eigenvalue weighted by molar-refractivity contribution is 5.24. The SMILES string of the molecule is Fc1ccc(CNC2CC2)cc1COCC(F)(F)F. The van der Waals surface area contributed by atoms with Gasteiger partial charge in [-0.1, -0.05) is 6.07 Å². The van der Waals surface area contributed by atoms with Gasteiger partial charge in [-0.3, -0.25) is 0 Å². The molecule has 0 radical (unpaired) electrons. The van der Waals surface area contributed by atoms with Crippen molar-refractivity contribution in [3.63, 3.8) is 0 Å². The summed E-state index contributed by atoms with van der Waals surface area (Å²) in [6, 6.07) is 4.95. The number of benzene rings is 1. The molecule has 106 valence electrons. The largest absolute Gasteiger partial charge is 0.411 e. The number of rotatable bonds is 6. The van der Waals surface area contributed by atoms with E-state index in [9.17, 15) is 17.6 Å². The van der Waals surface area contributed by atoms with Crippen molar-refractivity contribution in [3.05, 3.63) is 35.1 Å². The van der Waals surface area contributed by atoms with Gasteiger partial charge in [-0.15, -0.1) is 0 Å². The first-order valence-corrected chi connectivity index (χ1v) is 6.09. The predicted molar refractivity (Wildman–Crippen MR) is 62.0 cm³/mol. The van der Waals surface area contributed by atoms with Crippen molar-refractivity contribution in [1.29, 1.82) is 0 Å². The van der Waals surface area contributed by atoms with E-state index >= 15 is 0 Å². The second-order valence-corrected chi connectivity index (χ2v) is 4.69. The van der Waals surface area contributed by atoms with Gasteiger partial charge in [0, 0.05) is 18.2 Å². The first-order valence-electron chi connectivity index (χ1n) is 6.09. The Bertz CT molecular complexity index is 429. The fourth-order valence-corrected chi connectivity index (χ4v) is 1.68. The van der Waals surface area contributed by atoms with Crippen molar-refractivity contribution in [2.75, 3.05) is 6.61 Å². The highest BCUT2D eigenvalue weighted by Gasteiger charge is 2.27. The molecule has 0 atom stereocenters. The molecule has 2 rings (SSSR count). The first-order chi connectivity index (χ1) is 8.94. The lowest BCUT2D eigenvalue weighted by Gasteiger charge is -2.10. The molecule has 0 aliphatic heterocycles. The van der Waals surface area contributed by atoms with Crippen molar-refractivity contribution in [3.8, 4) is 0 Å². The Hall–Kier alpha value is -1.14. The zero-order chi connectivity index (χ0) is 13.9. The molecule has 19 heavy (non-hydrogen) atoms. The maximum absolute atomic E-state index is 13.4. The molecule has 1 aromatic rings. The van der Waals surface area contributed by atoms with E-state index in [-0.39, 0.29) is 12.2 Å². The molecule has 1 fully saturated rings. The molecule has 1 aliphatic carbocycles. The van der Waals surface area contributed by atoms with Crippen LogP contribution in [0.5, 0.6) is 0 Å². The maximum Gasteiger partial charge on any atom is 0.411 e. The summed E-state index contributed by atoms with van der Waals surface area (Å²) in [5.41, 5.74) is 0.998. The molecule has 0 heterocycles. The van der Waals surface area contributed by atoms with Gasteiger partial charge in [-0.2, -0.15) is 13.2 Å². The van der Waals surface area contributed by atoms with Gasteiger partial charge in [0.25, 0.3) is 0 Å². The minimum atomic E-state index is -4.39. The molecule has 0 amide bonds. The third-order valence-corrected chi connectivity index (χ3v) is 2.81. The van der Waals surface area contributed by atoms with Crippen LogP contribution in [0.1, 0.15) is 24.0 Å². The van der Waals surface area contributed by atoms with Crippen LogP contribution in [0, 0.1) is 5.82 Å². The molecule has 0 bridgehead atoms. The highest BCUT2D eigenvalue weighted by atomic mass is 19.4. The summed E-state index contributed by atoms with van der Waals surface area (Å²) in [7, 11) is 0. The second kappa shape index (κ2) is 5.88. The molecule has 1 aromatic carbocycles. The first kappa shape index (κ1) is 14.3. The van der Waals surface area contributed by atoms with Crippen molar-refractivity contribution < 1.29 is 22.3 Å². The summed E-state index contributed by atoms with van der Waals surface area (Å²) in [6.45, 7) is -1.14. The quantitative estimate of drug-likeness (QED) is 0.806. The maximum atomic E-state index is 13.4. The third kappa shape index (κ3) is 5.16. The minimum absolute atomic E-state index is 0.152. The van der Waals surface area contributed by atoms with Crippen LogP contribution in [-0.2, 0) is 17.9 Å². The van der Waals surface area contributed by atoms with Gasteiger partial charge in [-0.05, 0) is 30.5 Å². The molecule has 1 aliphatic rings. The van der Waals surface area contributed by atoms with Gasteiger partial charge >= 0.3 is 6.18 Å². The van der Waals surface area contributed by atoms with E-state index in [4.69, 9.17) is 0 Å². The number of hydrogen-bond acceptors (Lipinski definition) is 2. The fourth-order valence-electron chi connectivity index (χ4n) is 1.68. The van der Waals surface area contributed by atoms with Crippen molar-refractivity contribution >= 4 is 0 Å². The van der Waals surface area contributed by atoms with Crippen LogP contribution in [0.25, 0.3) is 0 Å². The van der Waals surface area contributed by atoms with Gasteiger partial charge in [0.15, 0.2) is 0 Å². The van der Waals surface area contributed by atoms with Crippen LogP contribution in [0.15, 0.2) is 18.2 Å². The zero-order valence-electron chi connectivity index (χ0n) is 10.3. The predicted octanol–water partition coefficient (Wildman–Crippen LogP) is 3.16. The van der Waals surface area contributed by atoms with Gasteiger partial charge < -0.3 is 10.1 Å². The molecule has 6 heteroatoms. The Morgan fingerprint density at radius 3 is 2.63 bits per heavy atom. The summed E-state index contributed by atoms with van der Waals surface area (Å²) in [5.74, 6) is -0.544. The average Bonchev–Trinajstić information content (AvgIpc) is 3.12. The van der Waals surface area contributed by atoms with Crippen LogP contribution in [-0.4, -0.2) is 18.8 Å². The van der Waals surface area contributed by atoms with E-state index < -0.39 is 18.6 Å². The van der Waals surface area contributed by atoms with Crippen LogP contribution in [0.2, 0.25) is 0 Å². The molecule has 0 unspecified atom stereocenters. The monoisotopic (exact) mass is 277 g/mol. The second-order valence-electron chi connectivity index (χ2n) is 4.69. The summed E-state index contributed by atoms with van der Waals surface area (Å²) in [4.78, 5) is 0. The third-order valence-electron chi connectivity index (χ3n) is 2.81. The molecule has 1 saturated carbocycles. The Labute approximate surface area is 108 Å². The lowest BCUT2D eigenvalue weighted by atomic mass is 10.1. The van der Waals surface area contributed by atoms with Crippen molar-refractivity contribution in [2.24, 2.45) is 0 Å². The number of halogens is 4. The lowest BCUT2D eigenvalue weighted by molar-refractivity contribution is -0.176. The standard InChI is InChI=1S/C13H15F4NO/c14-12-4-1-9(6-18-11-2-3-11)5-10(12)7-19-8-13(15,16)17/h1,4-5,11,18H,2-3,6-8H2. The number of hydrogen-bond donors (Lipinski definition) is 1. The average molecular weight is 277 g/mol. The normalized spacial score (nSPS) is 15.8. The molecule has 2 nitrogen and oxygen atoms in total. The molecule has 1 N–H and O–H groups in total. The summed E-state index contributed by atoms with van der Waals surface area (Å²) < 4.78 is 53.7. The minimum Gasteiger partial charge on any atom is -0.367 e. The molecule has 0 aromatic heterocycles. The van der Waals surface area contributed by atoms with E-state index in [1.165, 1.54) is 6.07 Å². The number of nitrogens with one attached hydrogen (secondary N) is 1. The van der Waals surface area contributed by atoms with E-state index in [0.717, 1.165) is 18.4 Å². The highest BCUT2D eigenvalue weighted by Crippen LogP contribution is 2.20. The summed E-state index contributed by atoms with van der Waals surface area (Å²) in [6.07, 6.45) is -2.10. The molecule has 0 saturated heterocycles. The molecular formula is C13H15F4NO. The lowest BCUT2D eigenvalue weighted by Crippen LogP contribution is -2.17. The zero-order valence-corrected chi connectivity index (χ0v) is 10.3. The molecule has 0 spiro atoms. The number of alkyl halides is 3. The van der Waals surface area contributed by atoms with Gasteiger partial charge in [0.05, 0.1) is 6.61 Å². The van der Waals surface area contributed by atoms with E-state index in [0.29, 0.717) is 12.6 Å². The van der Waals surface area contributed by atoms with Gasteiger partial charge in [0.2, 0.25) is 0 Å². The van der Waals surface area contributed by atoms with Crippen molar-refractivity contribution in [2.45, 2.75) is 38.2 Å². The van der Waals surface area contributed by atoms with Crippen LogP contribution in [0.4, 0.5) is 17.6 Å². The number of ether oxygens (including phenoxy) is 1. The van der Waals surface area contributed by atoms with E-state index in [2.05, 4.69) is 10.1 Å². The van der Waals surface area contributed by atoms with E-state index in [1.54, 1.807) is 12.1 Å². The van der Waals surface area contributed by atoms with Gasteiger partial charge in [0.1, 0.15) is 12.4 Å². The van der Waals surface area contributed by atoms with E-state index in [1.807, 2.05) is 0 Å². The Balaban J connectivity index is 1.88.